The van der Waals surface area contributed by atoms with Crippen LogP contribution in [-0.4, -0.2) is 56.1 Å². The summed E-state index contributed by atoms with van der Waals surface area (Å²) >= 11 is 0. The number of hydrogen-bond donors (Lipinski definition) is 4. The summed E-state index contributed by atoms with van der Waals surface area (Å²) in [5.74, 6) is 0. The molecule has 0 aliphatic carbocycles. The molecule has 1 aliphatic rings. The highest BCUT2D eigenvalue weighted by molar-refractivity contribution is 5.73. The van der Waals surface area contributed by atoms with Crippen LogP contribution in [0.25, 0.3) is 0 Å². The van der Waals surface area contributed by atoms with Gasteiger partial charge < -0.3 is 20.1 Å². The van der Waals surface area contributed by atoms with Gasteiger partial charge in [0.15, 0.2) is 12.5 Å². The van der Waals surface area contributed by atoms with Gasteiger partial charge in [0.05, 0.1) is 12.2 Å². The van der Waals surface area contributed by atoms with Crippen molar-refractivity contribution >= 4 is 6.29 Å². The average molecular weight is 272 g/mol. The minimum absolute atomic E-state index is 0.246. The molecule has 1 aromatic heterocycles. The minimum atomic E-state index is -1.47. The van der Waals surface area contributed by atoms with Crippen LogP contribution in [-0.2, 0) is 4.74 Å². The zero-order chi connectivity index (χ0) is 14.2. The van der Waals surface area contributed by atoms with Gasteiger partial charge in [0.1, 0.15) is 18.3 Å². The number of carbonyl (C=O) groups is 1. The van der Waals surface area contributed by atoms with Gasteiger partial charge in [-0.05, 0) is 0 Å². The Labute approximate surface area is 105 Å². The summed E-state index contributed by atoms with van der Waals surface area (Å²) in [7, 11) is 0. The van der Waals surface area contributed by atoms with Crippen molar-refractivity contribution in [2.24, 2.45) is 0 Å². The van der Waals surface area contributed by atoms with Crippen molar-refractivity contribution in [3.63, 3.8) is 0 Å². The molecule has 104 valence electrons. The third kappa shape index (κ3) is 2.24. The first kappa shape index (κ1) is 13.6. The predicted molar refractivity (Wildman–Crippen MR) is 59.7 cm³/mol. The summed E-state index contributed by atoms with van der Waals surface area (Å²) in [6, 6.07) is 0. The Bertz CT molecular complexity index is 592. The molecule has 0 saturated carbocycles. The van der Waals surface area contributed by atoms with Gasteiger partial charge in [-0.1, -0.05) is 0 Å². The second kappa shape index (κ2) is 5.05. The first-order valence-electron chi connectivity index (χ1n) is 5.42. The lowest BCUT2D eigenvalue weighted by atomic mass is 10.1. The molecule has 1 saturated heterocycles. The molecule has 0 radical (unpaired) electrons. The molecule has 0 unspecified atom stereocenters. The Morgan fingerprint density at radius 3 is 2.58 bits per heavy atom. The van der Waals surface area contributed by atoms with Crippen molar-refractivity contribution in [1.29, 1.82) is 0 Å². The standard InChI is InChI=1S/C10H12N2O7/c13-2-4-1-12(10(18)11-8(4)17)9-7(16)6(15)5(3-14)19-9/h1-2,5-7,9,14-16H,3H2,(H,11,17,18)/t5-,6-,7-,9-/m1/s1. The van der Waals surface area contributed by atoms with E-state index in [4.69, 9.17) is 9.84 Å². The van der Waals surface area contributed by atoms with Crippen LogP contribution in [0.2, 0.25) is 0 Å². The van der Waals surface area contributed by atoms with Crippen LogP contribution in [0.3, 0.4) is 0 Å². The van der Waals surface area contributed by atoms with Gasteiger partial charge in [-0.3, -0.25) is 19.1 Å². The summed E-state index contributed by atoms with van der Waals surface area (Å²) in [5, 5.41) is 28.2. The van der Waals surface area contributed by atoms with Crippen LogP contribution in [0.15, 0.2) is 15.8 Å². The van der Waals surface area contributed by atoms with Gasteiger partial charge >= 0.3 is 5.69 Å². The van der Waals surface area contributed by atoms with Crippen molar-refractivity contribution < 1.29 is 24.9 Å². The van der Waals surface area contributed by atoms with E-state index in [1.54, 1.807) is 0 Å². The first-order valence-corrected chi connectivity index (χ1v) is 5.42. The first-order chi connectivity index (χ1) is 8.99. The second-order valence-electron chi connectivity index (χ2n) is 4.10. The molecule has 9 nitrogen and oxygen atoms in total. The number of nitrogens with zero attached hydrogens (tertiary/aromatic N) is 1. The van der Waals surface area contributed by atoms with Crippen molar-refractivity contribution in [2.45, 2.75) is 24.5 Å². The Morgan fingerprint density at radius 1 is 1.37 bits per heavy atom. The number of carbonyl (C=O) groups excluding carboxylic acids is 1. The maximum Gasteiger partial charge on any atom is 0.330 e. The van der Waals surface area contributed by atoms with Gasteiger partial charge in [0.25, 0.3) is 5.56 Å². The van der Waals surface area contributed by atoms with E-state index in [2.05, 4.69) is 0 Å². The van der Waals surface area contributed by atoms with Crippen molar-refractivity contribution in [1.82, 2.24) is 9.55 Å². The molecule has 0 aromatic carbocycles. The number of aldehydes is 1. The number of aliphatic hydroxyl groups is 3. The van der Waals surface area contributed by atoms with E-state index in [-0.39, 0.29) is 11.8 Å². The van der Waals surface area contributed by atoms with Gasteiger partial charge in [-0.15, -0.1) is 0 Å². The molecule has 2 heterocycles. The van der Waals surface area contributed by atoms with Crippen LogP contribution in [0.1, 0.15) is 16.6 Å². The summed E-state index contributed by atoms with van der Waals surface area (Å²) in [6.07, 6.45) is -4.03. The molecule has 9 heteroatoms. The quantitative estimate of drug-likeness (QED) is 0.428. The molecule has 4 atom stereocenters. The SMILES string of the molecule is O=Cc1cn([C@@H]2O[C@H](CO)[C@@H](O)[C@H]2O)c(=O)[nH]c1=O. The Balaban J connectivity index is 2.46. The predicted octanol–water partition coefficient (Wildman–Crippen LogP) is -3.04. The highest BCUT2D eigenvalue weighted by atomic mass is 16.6. The fraction of sp³-hybridized carbons (Fsp3) is 0.500. The number of H-pyrrole nitrogens is 1. The van der Waals surface area contributed by atoms with E-state index in [9.17, 15) is 24.6 Å². The molecule has 0 bridgehead atoms. The number of aliphatic hydroxyl groups excluding tert-OH is 3. The molecule has 0 spiro atoms. The van der Waals surface area contributed by atoms with E-state index >= 15 is 0 Å². The molecule has 19 heavy (non-hydrogen) atoms. The summed E-state index contributed by atoms with van der Waals surface area (Å²) in [5.41, 5.74) is -2.08. The van der Waals surface area contributed by atoms with Crippen LogP contribution >= 0.6 is 0 Å². The number of aromatic nitrogens is 2. The number of hydrogen-bond acceptors (Lipinski definition) is 7. The number of aromatic amines is 1. The molecule has 4 N–H and O–H groups in total. The van der Waals surface area contributed by atoms with Gasteiger partial charge in [0.2, 0.25) is 0 Å². The lowest BCUT2D eigenvalue weighted by molar-refractivity contribution is -0.0550. The summed E-state index contributed by atoms with van der Waals surface area (Å²) in [4.78, 5) is 35.3. The Hall–Kier alpha value is -1.81. The summed E-state index contributed by atoms with van der Waals surface area (Å²) in [6.45, 7) is -0.548. The zero-order valence-electron chi connectivity index (χ0n) is 9.59. The molecule has 2 rings (SSSR count). The van der Waals surface area contributed by atoms with Crippen LogP contribution in [0.5, 0.6) is 0 Å². The van der Waals surface area contributed by atoms with E-state index < -0.39 is 42.4 Å². The largest absolute Gasteiger partial charge is 0.394 e. The molecule has 1 aromatic rings. The Kier molecular flexibility index (Phi) is 3.62. The maximum atomic E-state index is 11.6. The monoisotopic (exact) mass is 272 g/mol. The highest BCUT2D eigenvalue weighted by Crippen LogP contribution is 2.27. The molecular formula is C10H12N2O7. The zero-order valence-corrected chi connectivity index (χ0v) is 9.59. The lowest BCUT2D eigenvalue weighted by Gasteiger charge is -2.17. The normalized spacial score (nSPS) is 30.5. The minimum Gasteiger partial charge on any atom is -0.394 e. The van der Waals surface area contributed by atoms with Gasteiger partial charge in [-0.25, -0.2) is 4.79 Å². The van der Waals surface area contributed by atoms with Gasteiger partial charge in [-0.2, -0.15) is 0 Å². The summed E-state index contributed by atoms with van der Waals surface area (Å²) < 4.78 is 5.90. The molecule has 0 amide bonds. The highest BCUT2D eigenvalue weighted by Gasteiger charge is 2.43. The fourth-order valence-corrected chi connectivity index (χ4v) is 1.88. The third-order valence-electron chi connectivity index (χ3n) is 2.91. The smallest absolute Gasteiger partial charge is 0.330 e. The van der Waals surface area contributed by atoms with Crippen LogP contribution in [0, 0.1) is 0 Å². The lowest BCUT2D eigenvalue weighted by Crippen LogP contribution is -2.38. The number of ether oxygens (including phenoxy) is 1. The third-order valence-corrected chi connectivity index (χ3v) is 2.91. The van der Waals surface area contributed by atoms with E-state index in [1.807, 2.05) is 4.98 Å². The van der Waals surface area contributed by atoms with E-state index in [1.165, 1.54) is 0 Å². The number of rotatable bonds is 3. The number of nitrogens with one attached hydrogen (secondary N) is 1. The van der Waals surface area contributed by atoms with Gasteiger partial charge in [0, 0.05) is 6.20 Å². The molecule has 1 aliphatic heterocycles. The van der Waals surface area contributed by atoms with Crippen LogP contribution < -0.4 is 11.2 Å². The maximum absolute atomic E-state index is 11.6. The topological polar surface area (TPSA) is 142 Å². The van der Waals surface area contributed by atoms with E-state index in [0.717, 1.165) is 10.8 Å². The average Bonchev–Trinajstić information content (AvgIpc) is 2.67. The van der Waals surface area contributed by atoms with Crippen molar-refractivity contribution in [3.05, 3.63) is 32.6 Å². The molecule has 1 fully saturated rings. The fourth-order valence-electron chi connectivity index (χ4n) is 1.88. The molecular weight excluding hydrogens is 260 g/mol. The second-order valence-corrected chi connectivity index (χ2v) is 4.10. The van der Waals surface area contributed by atoms with E-state index in [0.29, 0.717) is 0 Å². The van der Waals surface area contributed by atoms with Crippen LogP contribution in [0.4, 0.5) is 0 Å². The van der Waals surface area contributed by atoms with Crippen molar-refractivity contribution in [2.75, 3.05) is 6.61 Å². The van der Waals surface area contributed by atoms with Crippen molar-refractivity contribution in [3.8, 4) is 0 Å². The Morgan fingerprint density at radius 2 is 2.05 bits per heavy atom.